The molecule has 0 saturated carbocycles. The van der Waals surface area contributed by atoms with Gasteiger partial charge in [0.15, 0.2) is 6.29 Å². The molecule has 0 saturated heterocycles. The molecule has 15 heavy (non-hydrogen) atoms. The lowest BCUT2D eigenvalue weighted by Crippen LogP contribution is -2.20. The van der Waals surface area contributed by atoms with Crippen LogP contribution in [0.2, 0.25) is 5.02 Å². The van der Waals surface area contributed by atoms with E-state index in [1.165, 1.54) is 0 Å². The average molecular weight is 224 g/mol. The second kappa shape index (κ2) is 4.99. The molecule has 0 aliphatic rings. The van der Waals surface area contributed by atoms with Gasteiger partial charge in [-0.2, -0.15) is 0 Å². The van der Waals surface area contributed by atoms with Crippen LogP contribution in [0, 0.1) is 0 Å². The first kappa shape index (κ1) is 11.8. The fourth-order valence-electron chi connectivity index (χ4n) is 1.51. The maximum atomic E-state index is 10.9. The number of benzene rings is 1. The van der Waals surface area contributed by atoms with E-state index in [-0.39, 0.29) is 0 Å². The van der Waals surface area contributed by atoms with Crippen molar-refractivity contribution in [1.82, 2.24) is 0 Å². The number of anilines is 1. The van der Waals surface area contributed by atoms with Crippen molar-refractivity contribution in [1.29, 1.82) is 0 Å². The second-order valence-electron chi connectivity index (χ2n) is 3.61. The molecule has 0 amide bonds. The summed E-state index contributed by atoms with van der Waals surface area (Å²) in [7, 11) is 1.89. The predicted molar refractivity (Wildman–Crippen MR) is 64.9 cm³/mol. The quantitative estimate of drug-likeness (QED) is 0.577. The highest BCUT2D eigenvalue weighted by atomic mass is 35.5. The smallest absolute Gasteiger partial charge is 0.152 e. The van der Waals surface area contributed by atoms with Crippen LogP contribution in [0.5, 0.6) is 0 Å². The number of aldehydes is 1. The zero-order chi connectivity index (χ0) is 11.4. The molecule has 3 heteroatoms. The molecule has 2 nitrogen and oxygen atoms in total. The lowest BCUT2D eigenvalue weighted by atomic mass is 10.1. The van der Waals surface area contributed by atoms with Crippen LogP contribution < -0.4 is 4.90 Å². The van der Waals surface area contributed by atoms with E-state index in [1.54, 1.807) is 18.2 Å². The van der Waals surface area contributed by atoms with Gasteiger partial charge in [-0.25, -0.2) is 0 Å². The number of carbonyl (C=O) groups is 1. The van der Waals surface area contributed by atoms with Gasteiger partial charge in [0.1, 0.15) is 0 Å². The molecule has 0 unspecified atom stereocenters. The van der Waals surface area contributed by atoms with Crippen LogP contribution in [-0.2, 0) is 0 Å². The Morgan fingerprint density at radius 1 is 1.60 bits per heavy atom. The molecule has 0 aliphatic carbocycles. The van der Waals surface area contributed by atoms with Crippen molar-refractivity contribution in [2.75, 3.05) is 18.5 Å². The van der Waals surface area contributed by atoms with Gasteiger partial charge in [0, 0.05) is 19.2 Å². The standard InChI is InChI=1S/C12H14ClNO/c1-9(2)7-14(3)12-10(8-15)5-4-6-11(12)13/h4-6,8H,1,7H2,2-3H3. The van der Waals surface area contributed by atoms with Gasteiger partial charge < -0.3 is 4.90 Å². The number of likely N-dealkylation sites (N-methyl/N-ethyl adjacent to an activating group) is 1. The first-order valence-electron chi connectivity index (χ1n) is 4.65. The van der Waals surface area contributed by atoms with E-state index in [4.69, 9.17) is 11.6 Å². The van der Waals surface area contributed by atoms with Crippen molar-refractivity contribution in [3.8, 4) is 0 Å². The van der Waals surface area contributed by atoms with Crippen molar-refractivity contribution in [2.45, 2.75) is 6.92 Å². The van der Waals surface area contributed by atoms with Gasteiger partial charge in [0.25, 0.3) is 0 Å². The fraction of sp³-hybridized carbons (Fsp3) is 0.250. The molecule has 80 valence electrons. The van der Waals surface area contributed by atoms with Crippen LogP contribution in [0.25, 0.3) is 0 Å². The SMILES string of the molecule is C=C(C)CN(C)c1c(Cl)cccc1C=O. The monoisotopic (exact) mass is 223 g/mol. The minimum atomic E-state index is 0.586. The number of hydrogen-bond donors (Lipinski definition) is 0. The Bertz CT molecular complexity index is 387. The number of para-hydroxylation sites is 1. The summed E-state index contributed by atoms with van der Waals surface area (Å²) in [6.45, 7) is 6.46. The lowest BCUT2D eigenvalue weighted by Gasteiger charge is -2.22. The highest BCUT2D eigenvalue weighted by Gasteiger charge is 2.10. The number of carbonyl (C=O) groups excluding carboxylic acids is 1. The van der Waals surface area contributed by atoms with E-state index in [0.29, 0.717) is 17.1 Å². The highest BCUT2D eigenvalue weighted by Crippen LogP contribution is 2.28. The molecule has 1 aromatic carbocycles. The summed E-state index contributed by atoms with van der Waals surface area (Å²) in [5, 5.41) is 0.586. The summed E-state index contributed by atoms with van der Waals surface area (Å²) < 4.78 is 0. The van der Waals surface area contributed by atoms with Crippen LogP contribution in [-0.4, -0.2) is 19.9 Å². The first-order valence-corrected chi connectivity index (χ1v) is 5.03. The lowest BCUT2D eigenvalue weighted by molar-refractivity contribution is 0.112. The van der Waals surface area contributed by atoms with Gasteiger partial charge in [-0.1, -0.05) is 29.8 Å². The summed E-state index contributed by atoms with van der Waals surface area (Å²) in [6, 6.07) is 5.30. The maximum absolute atomic E-state index is 10.9. The number of hydrogen-bond acceptors (Lipinski definition) is 2. The fourth-order valence-corrected chi connectivity index (χ4v) is 1.84. The van der Waals surface area contributed by atoms with Gasteiger partial charge in [-0.15, -0.1) is 0 Å². The summed E-state index contributed by atoms with van der Waals surface area (Å²) in [5.41, 5.74) is 2.39. The van der Waals surface area contributed by atoms with Gasteiger partial charge in [0.05, 0.1) is 10.7 Å². The number of halogens is 1. The van der Waals surface area contributed by atoms with Crippen molar-refractivity contribution >= 4 is 23.6 Å². The Hall–Kier alpha value is -1.28. The predicted octanol–water partition coefficient (Wildman–Crippen LogP) is 3.16. The molecule has 0 radical (unpaired) electrons. The second-order valence-corrected chi connectivity index (χ2v) is 4.02. The van der Waals surface area contributed by atoms with E-state index in [2.05, 4.69) is 6.58 Å². The van der Waals surface area contributed by atoms with Crippen molar-refractivity contribution < 1.29 is 4.79 Å². The van der Waals surface area contributed by atoms with Crippen LogP contribution in [0.3, 0.4) is 0 Å². The third kappa shape index (κ3) is 2.83. The molecule has 1 aromatic rings. The number of nitrogens with zero attached hydrogens (tertiary/aromatic N) is 1. The largest absolute Gasteiger partial charge is 0.369 e. The molecule has 0 fully saturated rings. The zero-order valence-electron chi connectivity index (χ0n) is 8.96. The van der Waals surface area contributed by atoms with Crippen molar-refractivity contribution in [3.63, 3.8) is 0 Å². The Morgan fingerprint density at radius 2 is 2.27 bits per heavy atom. The molecular formula is C12H14ClNO. The van der Waals surface area contributed by atoms with E-state index in [1.807, 2.05) is 18.9 Å². The maximum Gasteiger partial charge on any atom is 0.152 e. The van der Waals surface area contributed by atoms with Gasteiger partial charge >= 0.3 is 0 Å². The normalized spacial score (nSPS) is 9.80. The summed E-state index contributed by atoms with van der Waals surface area (Å²) in [5.74, 6) is 0. The topological polar surface area (TPSA) is 20.3 Å². The zero-order valence-corrected chi connectivity index (χ0v) is 9.71. The minimum absolute atomic E-state index is 0.586. The third-order valence-corrected chi connectivity index (χ3v) is 2.34. The van der Waals surface area contributed by atoms with Crippen LogP contribution in [0.4, 0.5) is 5.69 Å². The Balaban J connectivity index is 3.10. The van der Waals surface area contributed by atoms with E-state index < -0.39 is 0 Å². The highest BCUT2D eigenvalue weighted by molar-refractivity contribution is 6.33. The number of rotatable bonds is 4. The molecule has 0 bridgehead atoms. The summed E-state index contributed by atoms with van der Waals surface area (Å²) in [6.07, 6.45) is 0.816. The molecule has 0 N–H and O–H groups in total. The Kier molecular flexibility index (Phi) is 3.92. The average Bonchev–Trinajstić information content (AvgIpc) is 2.15. The molecular weight excluding hydrogens is 210 g/mol. The van der Waals surface area contributed by atoms with Gasteiger partial charge in [-0.05, 0) is 19.1 Å². The van der Waals surface area contributed by atoms with Gasteiger partial charge in [0.2, 0.25) is 0 Å². The first-order chi connectivity index (χ1) is 7.06. The van der Waals surface area contributed by atoms with Gasteiger partial charge in [-0.3, -0.25) is 4.79 Å². The molecule has 0 atom stereocenters. The minimum Gasteiger partial charge on any atom is -0.369 e. The molecule has 0 aromatic heterocycles. The van der Waals surface area contributed by atoms with Crippen molar-refractivity contribution in [3.05, 3.63) is 40.9 Å². The van der Waals surface area contributed by atoms with Crippen LogP contribution in [0.1, 0.15) is 17.3 Å². The molecule has 1 rings (SSSR count). The summed E-state index contributed by atoms with van der Waals surface area (Å²) >= 11 is 6.06. The summed E-state index contributed by atoms with van der Waals surface area (Å²) in [4.78, 5) is 12.8. The van der Waals surface area contributed by atoms with Crippen molar-refractivity contribution in [2.24, 2.45) is 0 Å². The van der Waals surface area contributed by atoms with Crippen LogP contribution >= 0.6 is 11.6 Å². The Morgan fingerprint density at radius 3 is 2.80 bits per heavy atom. The molecule has 0 spiro atoms. The van der Waals surface area contributed by atoms with Crippen LogP contribution in [0.15, 0.2) is 30.4 Å². The van der Waals surface area contributed by atoms with E-state index in [0.717, 1.165) is 17.5 Å². The van der Waals surface area contributed by atoms with E-state index >= 15 is 0 Å². The molecule has 0 heterocycles. The third-order valence-electron chi connectivity index (χ3n) is 2.03. The van der Waals surface area contributed by atoms with E-state index in [9.17, 15) is 4.79 Å². The Labute approximate surface area is 95.2 Å². The molecule has 0 aliphatic heterocycles.